The summed E-state index contributed by atoms with van der Waals surface area (Å²) in [7, 11) is 0. The molecule has 0 unspecified atom stereocenters. The first-order valence-corrected chi connectivity index (χ1v) is 5.95. The zero-order valence-corrected chi connectivity index (χ0v) is 10.3. The molecule has 100 valence electrons. The third kappa shape index (κ3) is 3.84. The molecular weight excluding hydrogens is 249 g/mol. The molecule has 1 heterocycles. The number of halogens is 1. The Kier molecular flexibility index (Phi) is 4.55. The molecule has 1 aromatic heterocycles. The SMILES string of the molecule is O=C(NCCCOc1ccccc1F)c1ccoc1. The molecule has 4 nitrogen and oxygen atoms in total. The van der Waals surface area contributed by atoms with Crippen LogP contribution in [-0.2, 0) is 0 Å². The second kappa shape index (κ2) is 6.58. The van der Waals surface area contributed by atoms with Gasteiger partial charge in [-0.2, -0.15) is 0 Å². The van der Waals surface area contributed by atoms with Crippen LogP contribution in [0, 0.1) is 5.82 Å². The summed E-state index contributed by atoms with van der Waals surface area (Å²) >= 11 is 0. The molecule has 19 heavy (non-hydrogen) atoms. The fourth-order valence-electron chi connectivity index (χ4n) is 1.51. The van der Waals surface area contributed by atoms with E-state index in [9.17, 15) is 9.18 Å². The molecule has 0 aliphatic heterocycles. The fourth-order valence-corrected chi connectivity index (χ4v) is 1.51. The van der Waals surface area contributed by atoms with Gasteiger partial charge in [0.15, 0.2) is 11.6 Å². The Hall–Kier alpha value is -2.30. The number of carbonyl (C=O) groups is 1. The maximum atomic E-state index is 13.2. The highest BCUT2D eigenvalue weighted by Crippen LogP contribution is 2.15. The lowest BCUT2D eigenvalue weighted by molar-refractivity contribution is 0.0951. The first kappa shape index (κ1) is 13.1. The van der Waals surface area contributed by atoms with Gasteiger partial charge in [0.1, 0.15) is 6.26 Å². The lowest BCUT2D eigenvalue weighted by atomic mass is 10.3. The number of para-hydroxylation sites is 1. The Bertz CT molecular complexity index is 525. The number of ether oxygens (including phenoxy) is 1. The van der Waals surface area contributed by atoms with Crippen molar-refractivity contribution in [3.8, 4) is 5.75 Å². The van der Waals surface area contributed by atoms with Crippen LogP contribution in [-0.4, -0.2) is 19.1 Å². The molecule has 0 saturated heterocycles. The molecule has 0 saturated carbocycles. The maximum Gasteiger partial charge on any atom is 0.254 e. The minimum absolute atomic E-state index is 0.195. The van der Waals surface area contributed by atoms with Gasteiger partial charge in [0.05, 0.1) is 18.4 Å². The largest absolute Gasteiger partial charge is 0.490 e. The molecule has 2 rings (SSSR count). The van der Waals surface area contributed by atoms with Crippen LogP contribution in [0.15, 0.2) is 47.3 Å². The molecule has 5 heteroatoms. The van der Waals surface area contributed by atoms with Crippen molar-refractivity contribution in [2.45, 2.75) is 6.42 Å². The van der Waals surface area contributed by atoms with Crippen molar-refractivity contribution in [2.75, 3.05) is 13.2 Å². The highest BCUT2D eigenvalue weighted by molar-refractivity contribution is 5.93. The summed E-state index contributed by atoms with van der Waals surface area (Å²) in [5, 5.41) is 2.71. The maximum absolute atomic E-state index is 13.2. The van der Waals surface area contributed by atoms with Crippen molar-refractivity contribution in [2.24, 2.45) is 0 Å². The quantitative estimate of drug-likeness (QED) is 0.815. The van der Waals surface area contributed by atoms with Gasteiger partial charge < -0.3 is 14.5 Å². The van der Waals surface area contributed by atoms with E-state index in [-0.39, 0.29) is 17.5 Å². The number of furan rings is 1. The molecule has 0 aliphatic carbocycles. The molecule has 0 spiro atoms. The number of carbonyl (C=O) groups excluding carboxylic acids is 1. The van der Waals surface area contributed by atoms with Crippen molar-refractivity contribution < 1.29 is 18.3 Å². The predicted octanol–water partition coefficient (Wildman–Crippen LogP) is 2.62. The summed E-state index contributed by atoms with van der Waals surface area (Å²) in [6.45, 7) is 0.797. The van der Waals surface area contributed by atoms with Crippen molar-refractivity contribution in [1.82, 2.24) is 5.32 Å². The molecule has 0 bridgehead atoms. The van der Waals surface area contributed by atoms with Crippen LogP contribution in [0.5, 0.6) is 5.75 Å². The molecule has 1 N–H and O–H groups in total. The zero-order chi connectivity index (χ0) is 13.5. The van der Waals surface area contributed by atoms with E-state index in [1.54, 1.807) is 24.3 Å². The standard InChI is InChI=1S/C14H14FNO3/c15-12-4-1-2-5-13(12)19-8-3-7-16-14(17)11-6-9-18-10-11/h1-2,4-6,9-10H,3,7-8H2,(H,16,17). The number of hydrogen-bond acceptors (Lipinski definition) is 3. The van der Waals surface area contributed by atoms with E-state index in [2.05, 4.69) is 5.32 Å². The molecule has 0 aliphatic rings. The second-order valence-electron chi connectivity index (χ2n) is 3.90. The van der Waals surface area contributed by atoms with Crippen LogP contribution < -0.4 is 10.1 Å². The average Bonchev–Trinajstić information content (AvgIpc) is 2.94. The Morgan fingerprint density at radius 3 is 2.89 bits per heavy atom. The van der Waals surface area contributed by atoms with Crippen LogP contribution in [0.25, 0.3) is 0 Å². The van der Waals surface area contributed by atoms with Crippen molar-refractivity contribution in [1.29, 1.82) is 0 Å². The van der Waals surface area contributed by atoms with Crippen LogP contribution >= 0.6 is 0 Å². The number of nitrogens with one attached hydrogen (secondary N) is 1. The van der Waals surface area contributed by atoms with E-state index in [1.165, 1.54) is 18.6 Å². The van der Waals surface area contributed by atoms with E-state index in [1.807, 2.05) is 0 Å². The summed E-state index contributed by atoms with van der Waals surface area (Å²) in [5.74, 6) is -0.353. The van der Waals surface area contributed by atoms with E-state index in [4.69, 9.17) is 9.15 Å². The molecule has 0 radical (unpaired) electrons. The van der Waals surface area contributed by atoms with Crippen molar-refractivity contribution in [3.05, 3.63) is 54.2 Å². The molecule has 2 aromatic rings. The molecule has 0 atom stereocenters. The van der Waals surface area contributed by atoms with Crippen LogP contribution in [0.1, 0.15) is 16.8 Å². The highest BCUT2D eigenvalue weighted by Gasteiger charge is 2.05. The fraction of sp³-hybridized carbons (Fsp3) is 0.214. The summed E-state index contributed by atoms with van der Waals surface area (Å²) in [6, 6.07) is 7.81. The predicted molar refractivity (Wildman–Crippen MR) is 67.6 cm³/mol. The first-order valence-electron chi connectivity index (χ1n) is 5.95. The first-order chi connectivity index (χ1) is 9.27. The van der Waals surface area contributed by atoms with Crippen LogP contribution in [0.3, 0.4) is 0 Å². The topological polar surface area (TPSA) is 51.5 Å². The van der Waals surface area contributed by atoms with E-state index in [0.29, 0.717) is 25.1 Å². The lowest BCUT2D eigenvalue weighted by Crippen LogP contribution is -2.25. The number of amides is 1. The molecule has 0 fully saturated rings. The van der Waals surface area contributed by atoms with Gasteiger partial charge >= 0.3 is 0 Å². The monoisotopic (exact) mass is 263 g/mol. The van der Waals surface area contributed by atoms with Gasteiger partial charge in [-0.15, -0.1) is 0 Å². The minimum atomic E-state index is -0.384. The Morgan fingerprint density at radius 2 is 2.16 bits per heavy atom. The Labute approximate surface area is 110 Å². The van der Waals surface area contributed by atoms with Crippen molar-refractivity contribution in [3.63, 3.8) is 0 Å². The molecular formula is C14H14FNO3. The third-order valence-electron chi connectivity index (χ3n) is 2.48. The molecule has 1 aromatic carbocycles. The van der Waals surface area contributed by atoms with Gasteiger partial charge in [0.2, 0.25) is 0 Å². The van der Waals surface area contributed by atoms with Gasteiger partial charge in [-0.05, 0) is 24.6 Å². The minimum Gasteiger partial charge on any atom is -0.490 e. The summed E-state index contributed by atoms with van der Waals surface area (Å²) in [4.78, 5) is 11.5. The van der Waals surface area contributed by atoms with Crippen LogP contribution in [0.4, 0.5) is 4.39 Å². The summed E-state index contributed by atoms with van der Waals surface area (Å²) < 4.78 is 23.3. The van der Waals surface area contributed by atoms with E-state index < -0.39 is 0 Å². The second-order valence-corrected chi connectivity index (χ2v) is 3.90. The third-order valence-corrected chi connectivity index (χ3v) is 2.48. The zero-order valence-electron chi connectivity index (χ0n) is 10.3. The van der Waals surface area contributed by atoms with Crippen molar-refractivity contribution >= 4 is 5.91 Å². The normalized spacial score (nSPS) is 10.2. The summed E-state index contributed by atoms with van der Waals surface area (Å²) in [5.41, 5.74) is 0.482. The Morgan fingerprint density at radius 1 is 1.32 bits per heavy atom. The van der Waals surface area contributed by atoms with E-state index in [0.717, 1.165) is 0 Å². The Balaban J connectivity index is 1.65. The van der Waals surface area contributed by atoms with Gasteiger partial charge in [-0.1, -0.05) is 12.1 Å². The number of hydrogen-bond donors (Lipinski definition) is 1. The smallest absolute Gasteiger partial charge is 0.254 e. The van der Waals surface area contributed by atoms with Crippen LogP contribution in [0.2, 0.25) is 0 Å². The molecule has 1 amide bonds. The van der Waals surface area contributed by atoms with Gasteiger partial charge in [-0.25, -0.2) is 4.39 Å². The van der Waals surface area contributed by atoms with E-state index >= 15 is 0 Å². The lowest BCUT2D eigenvalue weighted by Gasteiger charge is -2.07. The van der Waals surface area contributed by atoms with Gasteiger partial charge in [0.25, 0.3) is 5.91 Å². The van der Waals surface area contributed by atoms with Gasteiger partial charge in [-0.3, -0.25) is 4.79 Å². The highest BCUT2D eigenvalue weighted by atomic mass is 19.1. The van der Waals surface area contributed by atoms with Gasteiger partial charge in [0, 0.05) is 6.54 Å². The average molecular weight is 263 g/mol. The number of benzene rings is 1. The number of rotatable bonds is 6. The summed E-state index contributed by atoms with van der Waals surface area (Å²) in [6.07, 6.45) is 3.42.